The van der Waals surface area contributed by atoms with Gasteiger partial charge in [0.2, 0.25) is 11.7 Å². The number of likely N-dealkylation sites (tertiary alicyclic amines) is 2. The summed E-state index contributed by atoms with van der Waals surface area (Å²) in [7, 11) is 0. The third-order valence-corrected chi connectivity index (χ3v) is 16.3. The molecule has 4 N–H and O–H groups in total. The van der Waals surface area contributed by atoms with E-state index in [1.165, 1.54) is 6.07 Å². The lowest BCUT2D eigenvalue weighted by Crippen LogP contribution is -2.55. The van der Waals surface area contributed by atoms with E-state index in [2.05, 4.69) is 26.3 Å². The predicted molar refractivity (Wildman–Crippen MR) is 286 cm³/mol. The van der Waals surface area contributed by atoms with Crippen molar-refractivity contribution in [3.8, 4) is 45.7 Å². The van der Waals surface area contributed by atoms with Gasteiger partial charge >= 0.3 is 12.1 Å². The summed E-state index contributed by atoms with van der Waals surface area (Å²) in [5, 5.41) is 46.1. The third-order valence-electron chi connectivity index (χ3n) is 16.3. The lowest BCUT2D eigenvalue weighted by molar-refractivity contribution is -0.172. The predicted octanol–water partition coefficient (Wildman–Crippen LogP) is 7.81. The van der Waals surface area contributed by atoms with Crippen molar-refractivity contribution in [2.45, 2.75) is 123 Å². The molecule has 4 aromatic heterocycles. The molecule has 4 aliphatic rings. The Kier molecular flexibility index (Phi) is 13.4. The van der Waals surface area contributed by atoms with E-state index in [9.17, 15) is 39.3 Å². The molecule has 0 aliphatic carbocycles. The first-order valence-corrected chi connectivity index (χ1v) is 26.9. The van der Waals surface area contributed by atoms with Crippen molar-refractivity contribution in [3.05, 3.63) is 111 Å². The van der Waals surface area contributed by atoms with Crippen LogP contribution in [-0.2, 0) is 46.0 Å². The van der Waals surface area contributed by atoms with Crippen molar-refractivity contribution in [2.75, 3.05) is 26.2 Å². The molecule has 1 unspecified atom stereocenters. The Hall–Kier alpha value is -8.06. The summed E-state index contributed by atoms with van der Waals surface area (Å²) in [6.07, 6.45) is 6.81. The van der Waals surface area contributed by atoms with E-state index >= 15 is 0 Å². The normalized spacial score (nSPS) is 18.4. The third kappa shape index (κ3) is 8.83. The van der Waals surface area contributed by atoms with Crippen LogP contribution in [0.25, 0.3) is 50.3 Å². The molecule has 400 valence electrons. The number of ether oxygens (including phenoxy) is 2. The van der Waals surface area contributed by atoms with Crippen LogP contribution in [-0.4, -0.2) is 110 Å². The number of phenols is 2. The van der Waals surface area contributed by atoms with Gasteiger partial charge in [0.1, 0.15) is 29.9 Å². The van der Waals surface area contributed by atoms with Crippen LogP contribution in [0, 0.1) is 5.92 Å². The van der Waals surface area contributed by atoms with Gasteiger partial charge in [0.15, 0.2) is 11.4 Å². The maximum Gasteiger partial charge on any atom is 0.415 e. The standard InChI is InChI=1S/C58H63N9O10/c1-6-37-39-26-36(13-14-44(39)60-50-41(37)30-66-47(50)28-43-42(54(66)71)31-76-56(73)58(43,75)7-2)77-57(74)65-20-10-9-11-46(65)55(72)64-22-17-33(18-23-64)16-21-63-24-19-34-25-35(12-15-45(34)63)67-51(61-62-52(67)53(70)59-8-3)40-27-38(32(4)5)48(68)29-49(40)69/h12-15,19,24-29,32-33,46,68-69,75H,6-11,16-18,20-23,30-31H2,1-5H3,(H,59,70)/t46?,58-/m0/s1. The van der Waals surface area contributed by atoms with Gasteiger partial charge < -0.3 is 44.1 Å². The number of aliphatic hydroxyl groups is 1. The van der Waals surface area contributed by atoms with Crippen molar-refractivity contribution < 1.29 is 44.0 Å². The Morgan fingerprint density at radius 1 is 0.909 bits per heavy atom. The minimum Gasteiger partial charge on any atom is -0.508 e. The van der Waals surface area contributed by atoms with Crippen molar-refractivity contribution in [2.24, 2.45) is 5.92 Å². The van der Waals surface area contributed by atoms with Crippen LogP contribution in [0.5, 0.6) is 17.2 Å². The number of cyclic esters (lactones) is 1. The first-order valence-electron chi connectivity index (χ1n) is 26.9. The Morgan fingerprint density at radius 2 is 1.71 bits per heavy atom. The SMILES string of the molecule is CCNC(=O)c1nnc(-c2cc(C(C)C)c(O)cc2O)n1-c1ccc2c(ccn2CCC2CCN(C(=O)C3CCCCN3C(=O)Oc3ccc4nc5c(c(CC)c4c3)Cn3c-5cc4c(c3=O)COC(=O)[C@]4(O)CC)CC2)c1. The number of nitrogens with one attached hydrogen (secondary N) is 1. The molecule has 0 spiro atoms. The summed E-state index contributed by atoms with van der Waals surface area (Å²) in [6.45, 7) is 12.2. The fourth-order valence-corrected chi connectivity index (χ4v) is 12.0. The van der Waals surface area contributed by atoms with Crippen LogP contribution in [0.15, 0.2) is 71.7 Å². The van der Waals surface area contributed by atoms with E-state index in [-0.39, 0.29) is 71.2 Å². The fourth-order valence-electron chi connectivity index (χ4n) is 12.0. The van der Waals surface area contributed by atoms with E-state index in [0.717, 1.165) is 66.1 Å². The molecule has 0 saturated carbocycles. The van der Waals surface area contributed by atoms with E-state index in [1.54, 1.807) is 51.3 Å². The zero-order chi connectivity index (χ0) is 54.0. The number of benzene rings is 3. The topological polar surface area (TPSA) is 236 Å². The Morgan fingerprint density at radius 3 is 2.47 bits per heavy atom. The molecule has 2 fully saturated rings. The van der Waals surface area contributed by atoms with Gasteiger partial charge in [-0.05, 0) is 136 Å². The second kappa shape index (κ2) is 20.1. The molecule has 3 aromatic carbocycles. The molecule has 7 aromatic rings. The maximum absolute atomic E-state index is 14.3. The smallest absolute Gasteiger partial charge is 0.415 e. The van der Waals surface area contributed by atoms with Crippen LogP contribution in [0.4, 0.5) is 4.79 Å². The van der Waals surface area contributed by atoms with E-state index in [4.69, 9.17) is 14.5 Å². The fraction of sp³-hybridized carbons (Fsp3) is 0.414. The Bertz CT molecular complexity index is 3610. The maximum atomic E-state index is 14.3. The lowest BCUT2D eigenvalue weighted by Gasteiger charge is -2.39. The molecule has 2 atom stereocenters. The second-order valence-corrected chi connectivity index (χ2v) is 21.1. The molecule has 4 aliphatic heterocycles. The number of amides is 3. The second-order valence-electron chi connectivity index (χ2n) is 21.1. The van der Waals surface area contributed by atoms with Crippen LogP contribution in [0.3, 0.4) is 0 Å². The number of aryl methyl sites for hydroxylation is 2. The zero-order valence-corrected chi connectivity index (χ0v) is 44.0. The highest BCUT2D eigenvalue weighted by Crippen LogP contribution is 2.42. The molecule has 2 saturated heterocycles. The summed E-state index contributed by atoms with van der Waals surface area (Å²) in [5.41, 5.74) is 4.40. The largest absolute Gasteiger partial charge is 0.508 e. The number of nitrogens with zero attached hydrogens (tertiary/aromatic N) is 8. The molecule has 11 rings (SSSR count). The highest BCUT2D eigenvalue weighted by molar-refractivity contribution is 5.94. The summed E-state index contributed by atoms with van der Waals surface area (Å²) in [5.74, 6) is -0.476. The molecular weight excluding hydrogens is 983 g/mol. The van der Waals surface area contributed by atoms with Gasteiger partial charge in [0.05, 0.1) is 40.3 Å². The highest BCUT2D eigenvalue weighted by Gasteiger charge is 2.46. The van der Waals surface area contributed by atoms with E-state index in [0.29, 0.717) is 84.4 Å². The van der Waals surface area contributed by atoms with Crippen LogP contribution >= 0.6 is 0 Å². The number of rotatable bonds is 12. The molecule has 3 amide bonds. The number of carbonyl (C=O) groups excluding carboxylic acids is 4. The van der Waals surface area contributed by atoms with Gasteiger partial charge in [0.25, 0.3) is 11.5 Å². The van der Waals surface area contributed by atoms with Gasteiger partial charge in [-0.25, -0.2) is 14.6 Å². The molecule has 8 heterocycles. The van der Waals surface area contributed by atoms with Crippen LogP contribution < -0.4 is 15.6 Å². The number of fused-ring (bicyclic) bond motifs is 6. The molecular formula is C58H63N9O10. The number of pyridine rings is 2. The minimum atomic E-state index is -1.93. The van der Waals surface area contributed by atoms with Crippen LogP contribution in [0.1, 0.15) is 124 Å². The quantitative estimate of drug-likeness (QED) is 0.0856. The number of hydrogen-bond acceptors (Lipinski definition) is 13. The monoisotopic (exact) mass is 1050 g/mol. The summed E-state index contributed by atoms with van der Waals surface area (Å²) in [6, 6.07) is 17.2. The first kappa shape index (κ1) is 51.1. The van der Waals surface area contributed by atoms with E-state index in [1.807, 2.05) is 56.9 Å². The number of hydrogen-bond donors (Lipinski definition) is 4. The van der Waals surface area contributed by atoms with Gasteiger partial charge in [-0.15, -0.1) is 10.2 Å². The minimum absolute atomic E-state index is 0.0288. The van der Waals surface area contributed by atoms with E-state index < -0.39 is 29.6 Å². The molecule has 19 nitrogen and oxygen atoms in total. The van der Waals surface area contributed by atoms with Crippen molar-refractivity contribution >= 4 is 45.7 Å². The van der Waals surface area contributed by atoms with Gasteiger partial charge in [-0.3, -0.25) is 23.9 Å². The number of esters is 1. The summed E-state index contributed by atoms with van der Waals surface area (Å²) < 4.78 is 16.8. The van der Waals surface area contributed by atoms with Gasteiger partial charge in [-0.1, -0.05) is 27.7 Å². The zero-order valence-electron chi connectivity index (χ0n) is 44.0. The average molecular weight is 1050 g/mol. The molecule has 77 heavy (non-hydrogen) atoms. The highest BCUT2D eigenvalue weighted by atomic mass is 16.6. The number of phenolic OH excluding ortho intramolecular Hbond substituents is 2. The number of carbonyl (C=O) groups is 4. The first-order chi connectivity index (χ1) is 37.1. The van der Waals surface area contributed by atoms with Crippen molar-refractivity contribution in [1.29, 1.82) is 0 Å². The van der Waals surface area contributed by atoms with Crippen LogP contribution in [0.2, 0.25) is 0 Å². The summed E-state index contributed by atoms with van der Waals surface area (Å²) in [4.78, 5) is 76.6. The Labute approximate surface area is 444 Å². The Balaban J connectivity index is 0.745. The average Bonchev–Trinajstić information content (AvgIpc) is 4.40. The van der Waals surface area contributed by atoms with Gasteiger partial charge in [-0.2, -0.15) is 0 Å². The lowest BCUT2D eigenvalue weighted by atomic mass is 9.86. The summed E-state index contributed by atoms with van der Waals surface area (Å²) >= 11 is 0. The number of aromatic hydroxyl groups is 2. The molecule has 19 heteroatoms. The number of piperidine rings is 2. The van der Waals surface area contributed by atoms with Gasteiger partial charge in [0, 0.05) is 72.4 Å². The molecule has 0 radical (unpaired) electrons. The van der Waals surface area contributed by atoms with Crippen molar-refractivity contribution in [1.82, 2.24) is 44.0 Å². The van der Waals surface area contributed by atoms with Crippen molar-refractivity contribution in [3.63, 3.8) is 0 Å². The number of aromatic nitrogens is 6. The molecule has 0 bridgehead atoms.